The van der Waals surface area contributed by atoms with Crippen molar-refractivity contribution in [2.45, 2.75) is 25.6 Å². The highest BCUT2D eigenvalue weighted by atomic mass is 35.5. The van der Waals surface area contributed by atoms with Crippen molar-refractivity contribution in [2.75, 3.05) is 0 Å². The molecule has 0 fully saturated rings. The molecule has 0 amide bonds. The van der Waals surface area contributed by atoms with E-state index in [9.17, 15) is 9.50 Å². The molecule has 20 heavy (non-hydrogen) atoms. The van der Waals surface area contributed by atoms with Crippen LogP contribution in [0.25, 0.3) is 0 Å². The first-order chi connectivity index (χ1) is 9.54. The number of ether oxygens (including phenoxy) is 1. The minimum atomic E-state index is -0.681. The van der Waals surface area contributed by atoms with Crippen LogP contribution in [0.4, 0.5) is 4.39 Å². The van der Waals surface area contributed by atoms with Crippen LogP contribution in [0.1, 0.15) is 12.5 Å². The van der Waals surface area contributed by atoms with E-state index in [1.807, 2.05) is 0 Å². The van der Waals surface area contributed by atoms with Crippen molar-refractivity contribution < 1.29 is 14.2 Å². The Hall–Kier alpha value is -1.58. The fourth-order valence-electron chi connectivity index (χ4n) is 1.86. The summed E-state index contributed by atoms with van der Waals surface area (Å²) in [5, 5.41) is 10.7. The molecule has 0 saturated carbocycles. The summed E-state index contributed by atoms with van der Waals surface area (Å²) < 4.78 is 18.5. The van der Waals surface area contributed by atoms with Crippen LogP contribution in [-0.2, 0) is 6.42 Å². The van der Waals surface area contributed by atoms with Gasteiger partial charge in [0.25, 0.3) is 0 Å². The van der Waals surface area contributed by atoms with Crippen LogP contribution in [0.15, 0.2) is 48.5 Å². The van der Waals surface area contributed by atoms with Crippen molar-refractivity contribution in [1.82, 2.24) is 0 Å². The molecule has 0 aliphatic rings. The van der Waals surface area contributed by atoms with Crippen molar-refractivity contribution in [1.29, 1.82) is 0 Å². The molecule has 2 nitrogen and oxygen atoms in total. The van der Waals surface area contributed by atoms with E-state index in [1.165, 1.54) is 12.1 Å². The number of benzene rings is 2. The maximum absolute atomic E-state index is 12.8. The first kappa shape index (κ1) is 14.8. The van der Waals surface area contributed by atoms with Gasteiger partial charge in [0, 0.05) is 11.4 Å². The highest BCUT2D eigenvalue weighted by molar-refractivity contribution is 6.30. The summed E-state index contributed by atoms with van der Waals surface area (Å²) in [7, 11) is 0. The molecule has 0 radical (unpaired) electrons. The Labute approximate surface area is 122 Å². The Balaban J connectivity index is 1.94. The lowest BCUT2D eigenvalue weighted by Crippen LogP contribution is -2.30. The molecule has 1 N–H and O–H groups in total. The largest absolute Gasteiger partial charge is 0.488 e. The van der Waals surface area contributed by atoms with Gasteiger partial charge in [0.05, 0.1) is 6.10 Å². The van der Waals surface area contributed by atoms with Gasteiger partial charge in [-0.15, -0.1) is 0 Å². The average molecular weight is 295 g/mol. The average Bonchev–Trinajstić information content (AvgIpc) is 2.41. The number of rotatable bonds is 5. The summed E-state index contributed by atoms with van der Waals surface area (Å²) >= 11 is 5.87. The highest BCUT2D eigenvalue weighted by Crippen LogP contribution is 2.20. The van der Waals surface area contributed by atoms with E-state index in [4.69, 9.17) is 16.3 Å². The van der Waals surface area contributed by atoms with E-state index in [1.54, 1.807) is 43.3 Å². The summed E-state index contributed by atoms with van der Waals surface area (Å²) in [5.74, 6) is 0.328. The fourth-order valence-corrected chi connectivity index (χ4v) is 2.04. The summed E-state index contributed by atoms with van der Waals surface area (Å²) in [4.78, 5) is 0. The Morgan fingerprint density at radius 3 is 2.55 bits per heavy atom. The predicted octanol–water partition coefficient (Wildman–Crippen LogP) is 3.85. The second kappa shape index (κ2) is 6.73. The number of aliphatic hydroxyl groups excluding tert-OH is 1. The van der Waals surface area contributed by atoms with Gasteiger partial charge in [-0.2, -0.15) is 0 Å². The Morgan fingerprint density at radius 2 is 1.90 bits per heavy atom. The fraction of sp³-hybridized carbons (Fsp3) is 0.250. The quantitative estimate of drug-likeness (QED) is 0.907. The van der Waals surface area contributed by atoms with E-state index < -0.39 is 12.2 Å². The van der Waals surface area contributed by atoms with Crippen LogP contribution in [0.2, 0.25) is 5.02 Å². The SMILES string of the molecule is CC(Oc1cccc(Cl)c1)C(O)Cc1ccc(F)cc1. The van der Waals surface area contributed by atoms with Gasteiger partial charge in [0.1, 0.15) is 17.7 Å². The van der Waals surface area contributed by atoms with Gasteiger partial charge >= 0.3 is 0 Å². The number of hydrogen-bond donors (Lipinski definition) is 1. The van der Waals surface area contributed by atoms with Gasteiger partial charge in [-0.25, -0.2) is 4.39 Å². The first-order valence-corrected chi connectivity index (χ1v) is 6.77. The van der Waals surface area contributed by atoms with E-state index in [2.05, 4.69) is 0 Å². The van der Waals surface area contributed by atoms with E-state index in [-0.39, 0.29) is 5.82 Å². The second-order valence-corrected chi connectivity index (χ2v) is 5.11. The molecule has 2 aromatic carbocycles. The topological polar surface area (TPSA) is 29.5 Å². The Bertz CT molecular complexity index is 557. The molecule has 0 bridgehead atoms. The molecule has 2 unspecified atom stereocenters. The zero-order valence-electron chi connectivity index (χ0n) is 11.1. The van der Waals surface area contributed by atoms with Crippen LogP contribution in [0.5, 0.6) is 5.75 Å². The van der Waals surface area contributed by atoms with Gasteiger partial charge < -0.3 is 9.84 Å². The van der Waals surface area contributed by atoms with Gasteiger partial charge in [-0.05, 0) is 42.8 Å². The minimum Gasteiger partial charge on any atom is -0.488 e. The van der Waals surface area contributed by atoms with Crippen molar-refractivity contribution in [2.24, 2.45) is 0 Å². The lowest BCUT2D eigenvalue weighted by molar-refractivity contribution is 0.0479. The zero-order valence-corrected chi connectivity index (χ0v) is 11.8. The molecule has 0 aliphatic carbocycles. The van der Waals surface area contributed by atoms with Gasteiger partial charge in [0.2, 0.25) is 0 Å². The number of aliphatic hydroxyl groups is 1. The molecule has 0 spiro atoms. The lowest BCUT2D eigenvalue weighted by Gasteiger charge is -2.20. The van der Waals surface area contributed by atoms with Gasteiger partial charge in [0.15, 0.2) is 0 Å². The van der Waals surface area contributed by atoms with E-state index in [0.29, 0.717) is 17.2 Å². The Morgan fingerprint density at radius 1 is 1.20 bits per heavy atom. The van der Waals surface area contributed by atoms with E-state index >= 15 is 0 Å². The smallest absolute Gasteiger partial charge is 0.123 e. The van der Waals surface area contributed by atoms with Crippen molar-refractivity contribution >= 4 is 11.6 Å². The number of halogens is 2. The molecule has 106 valence electrons. The third kappa shape index (κ3) is 4.22. The summed E-state index contributed by atoms with van der Waals surface area (Å²) in [6.45, 7) is 1.79. The van der Waals surface area contributed by atoms with Crippen LogP contribution < -0.4 is 4.74 Å². The standard InChI is InChI=1S/C16H16ClFO2/c1-11(20-15-4-2-3-13(17)10-15)16(19)9-12-5-7-14(18)8-6-12/h2-8,10-11,16,19H,9H2,1H3. The molecular weight excluding hydrogens is 279 g/mol. The van der Waals surface area contributed by atoms with Gasteiger partial charge in [-0.1, -0.05) is 29.8 Å². The van der Waals surface area contributed by atoms with Crippen LogP contribution >= 0.6 is 11.6 Å². The maximum atomic E-state index is 12.8. The molecule has 2 atom stereocenters. The molecule has 2 rings (SSSR count). The molecule has 0 heterocycles. The molecule has 4 heteroatoms. The van der Waals surface area contributed by atoms with Crippen molar-refractivity contribution in [3.8, 4) is 5.75 Å². The zero-order chi connectivity index (χ0) is 14.5. The van der Waals surface area contributed by atoms with Gasteiger partial charge in [-0.3, -0.25) is 0 Å². The highest BCUT2D eigenvalue weighted by Gasteiger charge is 2.16. The molecule has 0 aromatic heterocycles. The van der Waals surface area contributed by atoms with E-state index in [0.717, 1.165) is 5.56 Å². The van der Waals surface area contributed by atoms with Crippen LogP contribution in [0, 0.1) is 5.82 Å². The molecule has 0 aliphatic heterocycles. The lowest BCUT2D eigenvalue weighted by atomic mass is 10.0. The monoisotopic (exact) mass is 294 g/mol. The third-order valence-electron chi connectivity index (χ3n) is 3.02. The Kier molecular flexibility index (Phi) is 4.99. The van der Waals surface area contributed by atoms with Crippen LogP contribution in [-0.4, -0.2) is 17.3 Å². The summed E-state index contributed by atoms with van der Waals surface area (Å²) in [6, 6.07) is 13.1. The summed E-state index contributed by atoms with van der Waals surface area (Å²) in [5.41, 5.74) is 0.862. The molecule has 0 saturated heterocycles. The molecular formula is C16H16ClFO2. The molecule has 2 aromatic rings. The normalized spacial score (nSPS) is 13.8. The predicted molar refractivity (Wildman–Crippen MR) is 77.7 cm³/mol. The first-order valence-electron chi connectivity index (χ1n) is 6.39. The third-order valence-corrected chi connectivity index (χ3v) is 3.25. The van der Waals surface area contributed by atoms with Crippen molar-refractivity contribution in [3.05, 3.63) is 64.9 Å². The minimum absolute atomic E-state index is 0.286. The number of hydrogen-bond acceptors (Lipinski definition) is 2. The summed E-state index contributed by atoms with van der Waals surface area (Å²) in [6.07, 6.45) is -0.667. The van der Waals surface area contributed by atoms with Crippen molar-refractivity contribution in [3.63, 3.8) is 0 Å². The second-order valence-electron chi connectivity index (χ2n) is 4.68. The van der Waals surface area contributed by atoms with Crippen LogP contribution in [0.3, 0.4) is 0 Å². The maximum Gasteiger partial charge on any atom is 0.123 e.